The number of ether oxygens (including phenoxy) is 1. The first kappa shape index (κ1) is 22.3. The molecule has 1 aliphatic carbocycles. The summed E-state index contributed by atoms with van der Waals surface area (Å²) < 4.78 is 21.0. The van der Waals surface area contributed by atoms with Crippen molar-refractivity contribution in [3.63, 3.8) is 0 Å². The van der Waals surface area contributed by atoms with Crippen molar-refractivity contribution in [3.8, 4) is 0 Å². The van der Waals surface area contributed by atoms with Crippen LogP contribution in [0.3, 0.4) is 0 Å². The Labute approximate surface area is 186 Å². The maximum Gasteiger partial charge on any atom is 0.273 e. The lowest BCUT2D eigenvalue weighted by atomic mass is 9.94. The van der Waals surface area contributed by atoms with E-state index in [2.05, 4.69) is 10.6 Å². The molecule has 1 aromatic carbocycles. The van der Waals surface area contributed by atoms with Gasteiger partial charge in [0.05, 0.1) is 24.4 Å². The average molecular weight is 445 g/mol. The van der Waals surface area contributed by atoms with Crippen molar-refractivity contribution in [2.75, 3.05) is 25.6 Å². The van der Waals surface area contributed by atoms with Gasteiger partial charge in [0, 0.05) is 32.0 Å². The van der Waals surface area contributed by atoms with Crippen LogP contribution in [0.15, 0.2) is 18.2 Å². The third-order valence-corrected chi connectivity index (χ3v) is 6.53. The Balaban J connectivity index is 1.84. The zero-order chi connectivity index (χ0) is 23.0. The Bertz CT molecular complexity index is 1080. The molecule has 3 amide bonds. The summed E-state index contributed by atoms with van der Waals surface area (Å²) in [6, 6.07) is 4.29. The standard InChI is InChI=1S/C23H29FN4O4/c1-14(29)25-19-17-12-15(24)8-9-18(17)27-13-23(2,22(31)26-16-6-4-5-7-16)28(10-11-32-3)21(30)20(19)27/h8-9,12,16H,4-7,10-11,13H2,1-3H3,(H,25,29)(H,26,31)/t23-/m0/s1. The highest BCUT2D eigenvalue weighted by Gasteiger charge is 2.49. The second-order valence-corrected chi connectivity index (χ2v) is 8.83. The first-order valence-electron chi connectivity index (χ1n) is 11.0. The van der Waals surface area contributed by atoms with E-state index in [1.54, 1.807) is 17.6 Å². The second-order valence-electron chi connectivity index (χ2n) is 8.83. The number of carbonyl (C=O) groups excluding carboxylic acids is 3. The van der Waals surface area contributed by atoms with Crippen LogP contribution in [0.1, 0.15) is 50.0 Å². The van der Waals surface area contributed by atoms with Crippen LogP contribution in [-0.2, 0) is 20.9 Å². The summed E-state index contributed by atoms with van der Waals surface area (Å²) in [5.74, 6) is -1.46. The van der Waals surface area contributed by atoms with E-state index in [1.807, 2.05) is 0 Å². The van der Waals surface area contributed by atoms with Crippen molar-refractivity contribution in [1.82, 2.24) is 14.8 Å². The molecule has 0 radical (unpaired) electrons. The smallest absolute Gasteiger partial charge is 0.273 e. The van der Waals surface area contributed by atoms with Crippen molar-refractivity contribution in [1.29, 1.82) is 0 Å². The summed E-state index contributed by atoms with van der Waals surface area (Å²) in [7, 11) is 1.53. The Hall–Kier alpha value is -2.94. The minimum absolute atomic E-state index is 0.102. The lowest BCUT2D eigenvalue weighted by Crippen LogP contribution is -2.65. The molecule has 1 fully saturated rings. The Morgan fingerprint density at radius 2 is 2.00 bits per heavy atom. The molecule has 0 saturated heterocycles. The molecular formula is C23H29FN4O4. The molecule has 4 rings (SSSR count). The summed E-state index contributed by atoms with van der Waals surface area (Å²) in [6.07, 6.45) is 4.01. The van der Waals surface area contributed by atoms with Crippen molar-refractivity contribution < 1.29 is 23.5 Å². The monoisotopic (exact) mass is 444 g/mol. The largest absolute Gasteiger partial charge is 0.383 e. The van der Waals surface area contributed by atoms with Crippen LogP contribution in [0.5, 0.6) is 0 Å². The van der Waals surface area contributed by atoms with Crippen molar-refractivity contribution in [2.24, 2.45) is 0 Å². The molecule has 1 aliphatic heterocycles. The average Bonchev–Trinajstić information content (AvgIpc) is 3.34. The molecule has 1 atom stereocenters. The topological polar surface area (TPSA) is 92.7 Å². The number of methoxy groups -OCH3 is 1. The highest BCUT2D eigenvalue weighted by Crippen LogP contribution is 2.39. The van der Waals surface area contributed by atoms with Crippen LogP contribution in [0.2, 0.25) is 0 Å². The summed E-state index contributed by atoms with van der Waals surface area (Å²) in [5.41, 5.74) is -0.0792. The lowest BCUT2D eigenvalue weighted by molar-refractivity contribution is -0.133. The number of carbonyl (C=O) groups is 3. The first-order chi connectivity index (χ1) is 15.3. The summed E-state index contributed by atoms with van der Waals surface area (Å²) in [5, 5.41) is 6.25. The number of amides is 3. The molecule has 32 heavy (non-hydrogen) atoms. The summed E-state index contributed by atoms with van der Waals surface area (Å²) >= 11 is 0. The van der Waals surface area contributed by atoms with Gasteiger partial charge >= 0.3 is 0 Å². The van der Waals surface area contributed by atoms with Crippen LogP contribution < -0.4 is 10.6 Å². The predicted molar refractivity (Wildman–Crippen MR) is 118 cm³/mol. The number of nitrogens with one attached hydrogen (secondary N) is 2. The Kier molecular flexibility index (Phi) is 5.94. The van der Waals surface area contributed by atoms with Crippen LogP contribution in [-0.4, -0.2) is 59.0 Å². The van der Waals surface area contributed by atoms with Gasteiger partial charge in [-0.05, 0) is 38.0 Å². The van der Waals surface area contributed by atoms with Gasteiger partial charge in [-0.3, -0.25) is 14.4 Å². The number of hydrogen-bond acceptors (Lipinski definition) is 4. The molecule has 8 nitrogen and oxygen atoms in total. The molecule has 2 aromatic rings. The van der Waals surface area contributed by atoms with Crippen molar-refractivity contribution in [2.45, 2.75) is 57.7 Å². The predicted octanol–water partition coefficient (Wildman–Crippen LogP) is 2.66. The van der Waals surface area contributed by atoms with Crippen LogP contribution in [0.4, 0.5) is 10.1 Å². The fraction of sp³-hybridized carbons (Fsp3) is 0.522. The molecule has 2 heterocycles. The number of aromatic nitrogens is 1. The summed E-state index contributed by atoms with van der Waals surface area (Å²) in [4.78, 5) is 40.7. The van der Waals surface area contributed by atoms with E-state index in [4.69, 9.17) is 4.74 Å². The highest BCUT2D eigenvalue weighted by molar-refractivity contribution is 6.14. The third kappa shape index (κ3) is 3.74. The zero-order valence-corrected chi connectivity index (χ0v) is 18.7. The lowest BCUT2D eigenvalue weighted by Gasteiger charge is -2.44. The first-order valence-corrected chi connectivity index (χ1v) is 11.0. The Morgan fingerprint density at radius 1 is 1.28 bits per heavy atom. The number of hydrogen-bond donors (Lipinski definition) is 2. The number of fused-ring (bicyclic) bond motifs is 3. The van der Waals surface area contributed by atoms with Gasteiger partial charge in [0.1, 0.15) is 17.1 Å². The highest BCUT2D eigenvalue weighted by atomic mass is 19.1. The van der Waals surface area contributed by atoms with E-state index in [1.165, 1.54) is 31.1 Å². The Morgan fingerprint density at radius 3 is 2.66 bits per heavy atom. The third-order valence-electron chi connectivity index (χ3n) is 6.53. The van der Waals surface area contributed by atoms with E-state index in [0.29, 0.717) is 10.9 Å². The van der Waals surface area contributed by atoms with Crippen molar-refractivity contribution >= 4 is 34.3 Å². The number of rotatable bonds is 6. The SMILES string of the molecule is COCCN1C(=O)c2c(NC(C)=O)c3cc(F)ccc3n2C[C@@]1(C)C(=O)NC1CCCC1. The molecule has 1 saturated carbocycles. The minimum atomic E-state index is -1.17. The van der Waals surface area contributed by atoms with Gasteiger partial charge in [0.2, 0.25) is 11.8 Å². The van der Waals surface area contributed by atoms with Gasteiger partial charge in [-0.2, -0.15) is 0 Å². The maximum atomic E-state index is 14.1. The molecule has 2 N–H and O–H groups in total. The van der Waals surface area contributed by atoms with Gasteiger partial charge < -0.3 is 24.8 Å². The molecule has 172 valence electrons. The second kappa shape index (κ2) is 8.54. The number of halogens is 1. The van der Waals surface area contributed by atoms with E-state index in [-0.39, 0.29) is 48.9 Å². The van der Waals surface area contributed by atoms with Crippen LogP contribution in [0.25, 0.3) is 10.9 Å². The fourth-order valence-corrected chi connectivity index (χ4v) is 4.90. The quantitative estimate of drug-likeness (QED) is 0.717. The van der Waals surface area contributed by atoms with Gasteiger partial charge in [0.25, 0.3) is 5.91 Å². The van der Waals surface area contributed by atoms with Gasteiger partial charge in [-0.25, -0.2) is 4.39 Å². The van der Waals surface area contributed by atoms with E-state index < -0.39 is 17.3 Å². The molecule has 9 heteroatoms. The molecule has 1 aromatic heterocycles. The fourth-order valence-electron chi connectivity index (χ4n) is 4.90. The number of anilines is 1. The van der Waals surface area contributed by atoms with E-state index in [9.17, 15) is 18.8 Å². The van der Waals surface area contributed by atoms with Crippen LogP contribution in [0, 0.1) is 5.82 Å². The molecular weight excluding hydrogens is 415 g/mol. The molecule has 0 bridgehead atoms. The van der Waals surface area contributed by atoms with Gasteiger partial charge in [0.15, 0.2) is 0 Å². The molecule has 2 aliphatic rings. The van der Waals surface area contributed by atoms with E-state index in [0.717, 1.165) is 25.7 Å². The number of nitrogens with zero attached hydrogens (tertiary/aromatic N) is 2. The molecule has 0 spiro atoms. The summed E-state index contributed by atoms with van der Waals surface area (Å²) in [6.45, 7) is 3.73. The minimum Gasteiger partial charge on any atom is -0.383 e. The normalized spacial score (nSPS) is 21.1. The van der Waals surface area contributed by atoms with Crippen LogP contribution >= 0.6 is 0 Å². The maximum absolute atomic E-state index is 14.1. The number of benzene rings is 1. The molecule has 0 unspecified atom stereocenters. The van der Waals surface area contributed by atoms with E-state index >= 15 is 0 Å². The van der Waals surface area contributed by atoms with Gasteiger partial charge in [-0.1, -0.05) is 12.8 Å². The van der Waals surface area contributed by atoms with Crippen molar-refractivity contribution in [3.05, 3.63) is 29.7 Å². The van der Waals surface area contributed by atoms with Gasteiger partial charge in [-0.15, -0.1) is 0 Å². The zero-order valence-electron chi connectivity index (χ0n) is 18.7.